The van der Waals surface area contributed by atoms with E-state index in [0.29, 0.717) is 36.4 Å². The Hall–Kier alpha value is -2.31. The first kappa shape index (κ1) is 16.2. The summed E-state index contributed by atoms with van der Waals surface area (Å²) in [6, 6.07) is 9.59. The third-order valence-electron chi connectivity index (χ3n) is 4.02. The number of rotatable bonds is 5. The molecule has 1 atom stereocenters. The van der Waals surface area contributed by atoms with Gasteiger partial charge in [0, 0.05) is 18.1 Å². The maximum atomic E-state index is 6.30. The van der Waals surface area contributed by atoms with E-state index in [1.807, 2.05) is 31.2 Å². The molecule has 1 aliphatic rings. The fraction of sp³-hybridized carbons (Fsp3) is 0.333. The van der Waals surface area contributed by atoms with Gasteiger partial charge >= 0.3 is 0 Å². The van der Waals surface area contributed by atoms with Crippen LogP contribution < -0.4 is 9.47 Å². The number of fused-ring (bicyclic) bond motifs is 1. The molecule has 0 aliphatic carbocycles. The molecule has 4 rings (SSSR count). The Morgan fingerprint density at radius 3 is 3.08 bits per heavy atom. The summed E-state index contributed by atoms with van der Waals surface area (Å²) in [5.41, 5.74) is 2.47. The Labute approximate surface area is 150 Å². The molecule has 6 nitrogen and oxygen atoms in total. The highest BCUT2D eigenvalue weighted by atomic mass is 35.5. The smallest absolute Gasteiger partial charge is 0.251 e. The van der Waals surface area contributed by atoms with Crippen LogP contribution in [-0.2, 0) is 4.74 Å². The number of imidazole rings is 1. The summed E-state index contributed by atoms with van der Waals surface area (Å²) in [7, 11) is 0. The second-order valence-electron chi connectivity index (χ2n) is 5.78. The topological polar surface area (TPSA) is 57.9 Å². The van der Waals surface area contributed by atoms with E-state index in [1.54, 1.807) is 16.8 Å². The third kappa shape index (κ3) is 3.27. The van der Waals surface area contributed by atoms with Gasteiger partial charge < -0.3 is 14.2 Å². The van der Waals surface area contributed by atoms with Crippen molar-refractivity contribution in [3.8, 4) is 22.9 Å². The van der Waals surface area contributed by atoms with E-state index in [0.717, 1.165) is 23.4 Å². The molecule has 1 aromatic carbocycles. The molecule has 130 valence electrons. The molecule has 1 saturated heterocycles. The average Bonchev–Trinajstić information content (AvgIpc) is 3.25. The number of ether oxygens (including phenoxy) is 3. The van der Waals surface area contributed by atoms with Crippen molar-refractivity contribution in [1.82, 2.24) is 14.6 Å². The highest BCUT2D eigenvalue weighted by Gasteiger charge is 2.20. The van der Waals surface area contributed by atoms with Crippen molar-refractivity contribution in [1.29, 1.82) is 0 Å². The molecule has 1 fully saturated rings. The molecule has 0 saturated carbocycles. The Kier molecular flexibility index (Phi) is 4.46. The Balaban J connectivity index is 1.73. The quantitative estimate of drug-likeness (QED) is 0.696. The van der Waals surface area contributed by atoms with Gasteiger partial charge in [-0.2, -0.15) is 0 Å². The van der Waals surface area contributed by atoms with Crippen LogP contribution in [-0.4, -0.2) is 40.5 Å². The molecule has 25 heavy (non-hydrogen) atoms. The fourth-order valence-electron chi connectivity index (χ4n) is 2.83. The van der Waals surface area contributed by atoms with E-state index < -0.39 is 0 Å². The normalized spacial score (nSPS) is 17.1. The highest BCUT2D eigenvalue weighted by molar-refractivity contribution is 6.32. The lowest BCUT2D eigenvalue weighted by Gasteiger charge is -2.12. The van der Waals surface area contributed by atoms with Gasteiger partial charge in [-0.1, -0.05) is 23.7 Å². The monoisotopic (exact) mass is 359 g/mol. The lowest BCUT2D eigenvalue weighted by atomic mass is 10.1. The van der Waals surface area contributed by atoms with Gasteiger partial charge in [-0.25, -0.2) is 9.50 Å². The second-order valence-corrected chi connectivity index (χ2v) is 6.18. The van der Waals surface area contributed by atoms with Crippen LogP contribution in [0.2, 0.25) is 5.02 Å². The number of hydrogen-bond acceptors (Lipinski definition) is 5. The first-order chi connectivity index (χ1) is 12.2. The third-order valence-corrected chi connectivity index (χ3v) is 4.29. The van der Waals surface area contributed by atoms with Gasteiger partial charge in [0.2, 0.25) is 0 Å². The van der Waals surface area contributed by atoms with Gasteiger partial charge in [0.15, 0.2) is 5.65 Å². The SMILES string of the molecule is CCOc1cccc(-c2cnc3cc(Cl)c(O[C@H]4CCOC4)nn23)c1. The summed E-state index contributed by atoms with van der Waals surface area (Å²) < 4.78 is 18.6. The van der Waals surface area contributed by atoms with Crippen LogP contribution in [0.5, 0.6) is 11.6 Å². The van der Waals surface area contributed by atoms with Gasteiger partial charge in [0.05, 0.1) is 31.7 Å². The molecule has 7 heteroatoms. The van der Waals surface area contributed by atoms with Crippen LogP contribution >= 0.6 is 11.6 Å². The highest BCUT2D eigenvalue weighted by Crippen LogP contribution is 2.29. The van der Waals surface area contributed by atoms with Gasteiger partial charge in [0.1, 0.15) is 16.9 Å². The van der Waals surface area contributed by atoms with Crippen molar-refractivity contribution in [2.24, 2.45) is 0 Å². The lowest BCUT2D eigenvalue weighted by molar-refractivity contribution is 0.137. The number of nitrogens with zero attached hydrogens (tertiary/aromatic N) is 3. The molecule has 3 aromatic rings. The molecular formula is C18H18ClN3O3. The first-order valence-corrected chi connectivity index (χ1v) is 8.64. The molecule has 0 amide bonds. The van der Waals surface area contributed by atoms with Gasteiger partial charge in [-0.3, -0.25) is 0 Å². The molecule has 3 heterocycles. The maximum Gasteiger partial charge on any atom is 0.251 e. The summed E-state index contributed by atoms with van der Waals surface area (Å²) in [5, 5.41) is 5.00. The molecule has 0 spiro atoms. The molecule has 0 N–H and O–H groups in total. The van der Waals surface area contributed by atoms with Crippen molar-refractivity contribution < 1.29 is 14.2 Å². The molecular weight excluding hydrogens is 342 g/mol. The van der Waals surface area contributed by atoms with Crippen LogP contribution in [0.4, 0.5) is 0 Å². The average molecular weight is 360 g/mol. The minimum atomic E-state index is -0.0179. The summed E-state index contributed by atoms with van der Waals surface area (Å²) in [6.07, 6.45) is 2.59. The zero-order valence-electron chi connectivity index (χ0n) is 13.8. The van der Waals surface area contributed by atoms with E-state index in [4.69, 9.17) is 25.8 Å². The van der Waals surface area contributed by atoms with E-state index in [1.165, 1.54) is 0 Å². The van der Waals surface area contributed by atoms with Crippen LogP contribution in [0, 0.1) is 0 Å². The van der Waals surface area contributed by atoms with Crippen LogP contribution in [0.25, 0.3) is 16.9 Å². The summed E-state index contributed by atoms with van der Waals surface area (Å²) in [4.78, 5) is 4.40. The van der Waals surface area contributed by atoms with Gasteiger partial charge in [-0.15, -0.1) is 5.10 Å². The molecule has 0 unspecified atom stereocenters. The van der Waals surface area contributed by atoms with Crippen molar-refractivity contribution >= 4 is 17.2 Å². The summed E-state index contributed by atoms with van der Waals surface area (Å²) >= 11 is 6.30. The standard InChI is InChI=1S/C18H18ClN3O3/c1-2-24-13-5-3-4-12(8-13)16-10-20-17-9-15(19)18(21-22(16)17)25-14-6-7-23-11-14/h3-5,8-10,14H,2,6-7,11H2,1H3/t14-/m0/s1. The number of halogens is 1. The Bertz CT molecular complexity index is 890. The zero-order chi connectivity index (χ0) is 17.2. The van der Waals surface area contributed by atoms with E-state index in [9.17, 15) is 0 Å². The fourth-order valence-corrected chi connectivity index (χ4v) is 3.01. The van der Waals surface area contributed by atoms with Crippen LogP contribution in [0.3, 0.4) is 0 Å². The Morgan fingerprint density at radius 2 is 2.28 bits per heavy atom. The van der Waals surface area contributed by atoms with E-state index in [-0.39, 0.29) is 6.10 Å². The number of hydrogen-bond donors (Lipinski definition) is 0. The van der Waals surface area contributed by atoms with Crippen molar-refractivity contribution in [3.05, 3.63) is 41.6 Å². The minimum Gasteiger partial charge on any atom is -0.494 e. The first-order valence-electron chi connectivity index (χ1n) is 8.26. The van der Waals surface area contributed by atoms with Crippen LogP contribution in [0.1, 0.15) is 13.3 Å². The summed E-state index contributed by atoms with van der Waals surface area (Å²) in [6.45, 7) is 3.83. The number of aromatic nitrogens is 3. The van der Waals surface area contributed by atoms with Crippen LogP contribution in [0.15, 0.2) is 36.5 Å². The van der Waals surface area contributed by atoms with Gasteiger partial charge in [0.25, 0.3) is 5.88 Å². The molecule has 0 radical (unpaired) electrons. The van der Waals surface area contributed by atoms with Crippen molar-refractivity contribution in [3.63, 3.8) is 0 Å². The predicted molar refractivity (Wildman–Crippen MR) is 94.5 cm³/mol. The minimum absolute atomic E-state index is 0.0179. The molecule has 0 bridgehead atoms. The maximum absolute atomic E-state index is 6.30. The number of benzene rings is 1. The van der Waals surface area contributed by atoms with Crippen molar-refractivity contribution in [2.75, 3.05) is 19.8 Å². The largest absolute Gasteiger partial charge is 0.494 e. The Morgan fingerprint density at radius 1 is 1.36 bits per heavy atom. The molecule has 1 aliphatic heterocycles. The molecule has 2 aromatic heterocycles. The lowest BCUT2D eigenvalue weighted by Crippen LogP contribution is -2.17. The van der Waals surface area contributed by atoms with Gasteiger partial charge in [-0.05, 0) is 19.1 Å². The van der Waals surface area contributed by atoms with E-state index >= 15 is 0 Å². The zero-order valence-corrected chi connectivity index (χ0v) is 14.6. The van der Waals surface area contributed by atoms with Crippen molar-refractivity contribution in [2.45, 2.75) is 19.4 Å². The summed E-state index contributed by atoms with van der Waals surface area (Å²) in [5.74, 6) is 1.20. The second kappa shape index (κ2) is 6.90. The van der Waals surface area contributed by atoms with E-state index in [2.05, 4.69) is 10.1 Å². The predicted octanol–water partition coefficient (Wildman–Crippen LogP) is 3.62.